The Morgan fingerprint density at radius 3 is 3.50 bits per heavy atom. The van der Waals surface area contributed by atoms with Crippen LogP contribution in [0.5, 0.6) is 0 Å². The van der Waals surface area contributed by atoms with E-state index in [-0.39, 0.29) is 0 Å². The van der Waals surface area contributed by atoms with E-state index in [1.165, 1.54) is 12.0 Å². The van der Waals surface area contributed by atoms with E-state index in [1.807, 2.05) is 6.20 Å². The number of anilines is 1. The molecule has 54 valence electrons. The maximum Gasteiger partial charge on any atom is 0.124 e. The van der Waals surface area contributed by atoms with Crippen LogP contribution in [0, 0.1) is 0 Å². The highest BCUT2D eigenvalue weighted by molar-refractivity contribution is 5.45. The zero-order valence-electron chi connectivity index (χ0n) is 6.02. The summed E-state index contributed by atoms with van der Waals surface area (Å²) in [6.45, 7) is 2.18. The molecule has 3 heteroatoms. The number of fused-ring (bicyclic) bond motifs is 1. The Bertz CT molecular complexity index is 229. The zero-order chi connectivity index (χ0) is 6.97. The molecule has 3 nitrogen and oxygen atoms in total. The molecule has 1 aliphatic heterocycles. The van der Waals surface area contributed by atoms with Gasteiger partial charge in [-0.25, -0.2) is 0 Å². The highest BCUT2D eigenvalue weighted by Crippen LogP contribution is 2.20. The number of rotatable bonds is 0. The van der Waals surface area contributed by atoms with Gasteiger partial charge in [0.15, 0.2) is 0 Å². The number of nitrogens with zero attached hydrogens (tertiary/aromatic N) is 1. The molecule has 1 aromatic rings. The van der Waals surface area contributed by atoms with Gasteiger partial charge in [-0.1, -0.05) is 0 Å². The van der Waals surface area contributed by atoms with Crippen LogP contribution in [0.1, 0.15) is 18.9 Å². The molecular formula is C7H11N3. The summed E-state index contributed by atoms with van der Waals surface area (Å²) in [6.07, 6.45) is 4.26. The van der Waals surface area contributed by atoms with Crippen LogP contribution in [0.25, 0.3) is 0 Å². The lowest BCUT2D eigenvalue weighted by Gasteiger charge is -2.19. The van der Waals surface area contributed by atoms with E-state index in [1.54, 1.807) is 0 Å². The Balaban J connectivity index is 2.30. The van der Waals surface area contributed by atoms with Crippen molar-refractivity contribution in [1.29, 1.82) is 0 Å². The Hall–Kier alpha value is -0.990. The predicted octanol–water partition coefficient (Wildman–Crippen LogP) is 1.16. The van der Waals surface area contributed by atoms with E-state index >= 15 is 0 Å². The minimum atomic E-state index is 0.591. The summed E-state index contributed by atoms with van der Waals surface area (Å²) in [5.41, 5.74) is 1.32. The lowest BCUT2D eigenvalue weighted by Crippen LogP contribution is -2.21. The summed E-state index contributed by atoms with van der Waals surface area (Å²) in [5, 5.41) is 10.2. The second-order valence-electron chi connectivity index (χ2n) is 2.85. The minimum Gasteiger partial charge on any atom is -0.368 e. The second-order valence-corrected chi connectivity index (χ2v) is 2.85. The van der Waals surface area contributed by atoms with Crippen molar-refractivity contribution in [1.82, 2.24) is 10.2 Å². The number of aromatic amines is 1. The molecule has 0 saturated heterocycles. The van der Waals surface area contributed by atoms with Crippen LogP contribution >= 0.6 is 0 Å². The molecule has 1 atom stereocenters. The lowest BCUT2D eigenvalue weighted by atomic mass is 10.0. The maximum atomic E-state index is 3.95. The SMILES string of the molecule is CC1CCc2cn[nH]c2N1. The molecule has 0 bridgehead atoms. The predicted molar refractivity (Wildman–Crippen MR) is 40.0 cm³/mol. The maximum absolute atomic E-state index is 3.95. The van der Waals surface area contributed by atoms with E-state index in [2.05, 4.69) is 22.4 Å². The Labute approximate surface area is 59.8 Å². The molecule has 0 saturated carbocycles. The van der Waals surface area contributed by atoms with Crippen molar-refractivity contribution in [3.63, 3.8) is 0 Å². The second kappa shape index (κ2) is 2.01. The molecule has 1 aromatic heterocycles. The van der Waals surface area contributed by atoms with Gasteiger partial charge in [-0.2, -0.15) is 5.10 Å². The van der Waals surface area contributed by atoms with E-state index < -0.39 is 0 Å². The molecule has 2 heterocycles. The average Bonchev–Trinajstić information content (AvgIpc) is 2.33. The molecule has 10 heavy (non-hydrogen) atoms. The Kier molecular flexibility index (Phi) is 1.16. The number of aromatic nitrogens is 2. The van der Waals surface area contributed by atoms with Gasteiger partial charge in [0.25, 0.3) is 0 Å². The van der Waals surface area contributed by atoms with E-state index in [0.29, 0.717) is 6.04 Å². The van der Waals surface area contributed by atoms with E-state index in [4.69, 9.17) is 0 Å². The molecule has 0 aliphatic carbocycles. The third kappa shape index (κ3) is 0.781. The van der Waals surface area contributed by atoms with Crippen molar-refractivity contribution in [2.75, 3.05) is 5.32 Å². The number of hydrogen-bond donors (Lipinski definition) is 2. The van der Waals surface area contributed by atoms with Gasteiger partial charge in [0.2, 0.25) is 0 Å². The fraction of sp³-hybridized carbons (Fsp3) is 0.571. The van der Waals surface area contributed by atoms with E-state index in [9.17, 15) is 0 Å². The van der Waals surface area contributed by atoms with Crippen molar-refractivity contribution in [3.8, 4) is 0 Å². The summed E-state index contributed by atoms with van der Waals surface area (Å²) in [4.78, 5) is 0. The normalized spacial score (nSPS) is 23.5. The summed E-state index contributed by atoms with van der Waals surface area (Å²) in [6, 6.07) is 0.591. The monoisotopic (exact) mass is 137 g/mol. The van der Waals surface area contributed by atoms with Gasteiger partial charge < -0.3 is 5.32 Å². The van der Waals surface area contributed by atoms with Crippen LogP contribution < -0.4 is 5.32 Å². The third-order valence-electron chi connectivity index (χ3n) is 1.96. The molecule has 2 N–H and O–H groups in total. The minimum absolute atomic E-state index is 0.591. The van der Waals surface area contributed by atoms with Crippen LogP contribution in [0.2, 0.25) is 0 Å². The van der Waals surface area contributed by atoms with Gasteiger partial charge >= 0.3 is 0 Å². The first-order chi connectivity index (χ1) is 4.86. The zero-order valence-corrected chi connectivity index (χ0v) is 6.02. The van der Waals surface area contributed by atoms with Crippen LogP contribution in [0.4, 0.5) is 5.82 Å². The van der Waals surface area contributed by atoms with Crippen molar-refractivity contribution in [2.24, 2.45) is 0 Å². The highest BCUT2D eigenvalue weighted by atomic mass is 15.2. The van der Waals surface area contributed by atoms with Crippen molar-refractivity contribution in [3.05, 3.63) is 11.8 Å². The fourth-order valence-electron chi connectivity index (χ4n) is 1.32. The van der Waals surface area contributed by atoms with Gasteiger partial charge in [-0.15, -0.1) is 0 Å². The summed E-state index contributed by atoms with van der Waals surface area (Å²) >= 11 is 0. The van der Waals surface area contributed by atoms with Gasteiger partial charge in [-0.05, 0) is 19.8 Å². The standard InChI is InChI=1S/C7H11N3/c1-5-2-3-6-4-8-10-7(6)9-5/h4-5H,2-3H2,1H3,(H2,8,9,10). The Morgan fingerprint density at radius 2 is 2.60 bits per heavy atom. The van der Waals surface area contributed by atoms with Crippen molar-refractivity contribution in [2.45, 2.75) is 25.8 Å². The first kappa shape index (κ1) is 5.77. The van der Waals surface area contributed by atoms with Crippen LogP contribution in [-0.4, -0.2) is 16.2 Å². The highest BCUT2D eigenvalue weighted by Gasteiger charge is 2.14. The summed E-state index contributed by atoms with van der Waals surface area (Å²) < 4.78 is 0. The van der Waals surface area contributed by atoms with Crippen molar-refractivity contribution < 1.29 is 0 Å². The topological polar surface area (TPSA) is 40.7 Å². The fourth-order valence-corrected chi connectivity index (χ4v) is 1.32. The first-order valence-electron chi connectivity index (χ1n) is 3.65. The molecule has 0 fully saturated rings. The number of nitrogens with one attached hydrogen (secondary N) is 2. The van der Waals surface area contributed by atoms with Crippen LogP contribution in [-0.2, 0) is 6.42 Å². The van der Waals surface area contributed by atoms with Gasteiger partial charge in [0.05, 0.1) is 6.20 Å². The molecule has 1 aliphatic rings. The first-order valence-corrected chi connectivity index (χ1v) is 3.65. The Morgan fingerprint density at radius 1 is 1.70 bits per heavy atom. The molecule has 1 unspecified atom stereocenters. The number of H-pyrrole nitrogens is 1. The number of aryl methyl sites for hydroxylation is 1. The van der Waals surface area contributed by atoms with Gasteiger partial charge in [-0.3, -0.25) is 5.10 Å². The molecule has 2 rings (SSSR count). The number of hydrogen-bond acceptors (Lipinski definition) is 2. The molecular weight excluding hydrogens is 126 g/mol. The molecule has 0 spiro atoms. The smallest absolute Gasteiger partial charge is 0.124 e. The lowest BCUT2D eigenvalue weighted by molar-refractivity contribution is 0.678. The largest absolute Gasteiger partial charge is 0.368 e. The van der Waals surface area contributed by atoms with Crippen LogP contribution in [0.15, 0.2) is 6.20 Å². The third-order valence-corrected chi connectivity index (χ3v) is 1.96. The van der Waals surface area contributed by atoms with E-state index in [0.717, 1.165) is 12.2 Å². The van der Waals surface area contributed by atoms with Crippen LogP contribution in [0.3, 0.4) is 0 Å². The molecule has 0 amide bonds. The van der Waals surface area contributed by atoms with Gasteiger partial charge in [0.1, 0.15) is 5.82 Å². The summed E-state index contributed by atoms with van der Waals surface area (Å²) in [5.74, 6) is 1.11. The van der Waals surface area contributed by atoms with Crippen molar-refractivity contribution >= 4 is 5.82 Å². The average molecular weight is 137 g/mol. The van der Waals surface area contributed by atoms with Gasteiger partial charge in [0, 0.05) is 11.6 Å². The quantitative estimate of drug-likeness (QED) is 0.563. The molecule has 0 radical (unpaired) electrons. The summed E-state index contributed by atoms with van der Waals surface area (Å²) in [7, 11) is 0. The molecule has 0 aromatic carbocycles.